The van der Waals surface area contributed by atoms with Crippen molar-refractivity contribution in [3.05, 3.63) is 88.7 Å². The van der Waals surface area contributed by atoms with E-state index in [4.69, 9.17) is 21.3 Å². The molecule has 1 saturated heterocycles. The van der Waals surface area contributed by atoms with Crippen LogP contribution in [0.2, 0.25) is 5.02 Å². The first-order chi connectivity index (χ1) is 16.5. The van der Waals surface area contributed by atoms with Gasteiger partial charge in [-0.15, -0.1) is 0 Å². The summed E-state index contributed by atoms with van der Waals surface area (Å²) in [4.78, 5) is 20.0. The second-order valence-corrected chi connectivity index (χ2v) is 9.35. The molecule has 3 aromatic carbocycles. The number of rotatable bonds is 7. The van der Waals surface area contributed by atoms with E-state index in [9.17, 15) is 4.79 Å². The van der Waals surface area contributed by atoms with Gasteiger partial charge in [0.15, 0.2) is 0 Å². The van der Waals surface area contributed by atoms with Crippen LogP contribution in [0, 0.1) is 13.8 Å². The van der Waals surface area contributed by atoms with E-state index in [1.807, 2.05) is 53.4 Å². The zero-order valence-corrected chi connectivity index (χ0v) is 20.3. The third-order valence-electron chi connectivity index (χ3n) is 6.49. The molecule has 0 radical (unpaired) electrons. The molecule has 5 rings (SSSR count). The lowest BCUT2D eigenvalue weighted by molar-refractivity contribution is -0.117. The number of aryl methyl sites for hydroxylation is 3. The molecule has 5 nitrogen and oxygen atoms in total. The molecule has 1 aliphatic heterocycles. The van der Waals surface area contributed by atoms with Crippen molar-refractivity contribution >= 4 is 34.2 Å². The van der Waals surface area contributed by atoms with Crippen molar-refractivity contribution in [2.45, 2.75) is 39.2 Å². The number of fused-ring (bicyclic) bond motifs is 1. The Kier molecular flexibility index (Phi) is 6.29. The highest BCUT2D eigenvalue weighted by molar-refractivity contribution is 6.30. The molecule has 0 N–H and O–H groups in total. The van der Waals surface area contributed by atoms with Gasteiger partial charge in [-0.25, -0.2) is 4.98 Å². The predicted molar refractivity (Wildman–Crippen MR) is 137 cm³/mol. The van der Waals surface area contributed by atoms with Crippen molar-refractivity contribution in [3.8, 4) is 5.75 Å². The molecule has 1 atom stereocenters. The number of amides is 1. The van der Waals surface area contributed by atoms with Gasteiger partial charge in [0.05, 0.1) is 17.6 Å². The normalized spacial score (nSPS) is 15.9. The second-order valence-electron chi connectivity index (χ2n) is 8.91. The molecule has 1 aliphatic rings. The fraction of sp³-hybridized carbons (Fsp3) is 0.286. The SMILES string of the molecule is Cc1cccc(C)c1N1CC(c2nc3ccccc3n2CCCOc2ccc(Cl)cc2)CC1=O. The standard InChI is InChI=1S/C28H28ClN3O2/c1-19-7-5-8-20(2)27(19)32-18-21(17-26(32)33)28-30-24-9-3-4-10-25(24)31(28)15-6-16-34-23-13-11-22(29)12-14-23/h3-5,7-14,21H,6,15-18H2,1-2H3. The number of aromatic nitrogens is 2. The van der Waals surface area contributed by atoms with E-state index in [1.165, 1.54) is 0 Å². The van der Waals surface area contributed by atoms with Crippen LogP contribution in [-0.2, 0) is 11.3 Å². The first kappa shape index (κ1) is 22.5. The Hall–Kier alpha value is -3.31. The van der Waals surface area contributed by atoms with Crippen molar-refractivity contribution in [2.24, 2.45) is 0 Å². The molecular weight excluding hydrogens is 446 g/mol. The zero-order valence-electron chi connectivity index (χ0n) is 19.5. The first-order valence-electron chi connectivity index (χ1n) is 11.7. The van der Waals surface area contributed by atoms with Gasteiger partial charge < -0.3 is 14.2 Å². The highest BCUT2D eigenvalue weighted by Crippen LogP contribution is 2.36. The summed E-state index contributed by atoms with van der Waals surface area (Å²) < 4.78 is 8.17. The number of carbonyl (C=O) groups is 1. The highest BCUT2D eigenvalue weighted by Gasteiger charge is 2.35. The van der Waals surface area contributed by atoms with Crippen LogP contribution < -0.4 is 9.64 Å². The van der Waals surface area contributed by atoms with E-state index in [-0.39, 0.29) is 11.8 Å². The van der Waals surface area contributed by atoms with E-state index in [2.05, 4.69) is 36.6 Å². The molecule has 174 valence electrons. The number of hydrogen-bond donors (Lipinski definition) is 0. The molecule has 1 aromatic heterocycles. The Morgan fingerprint density at radius 3 is 2.50 bits per heavy atom. The lowest BCUT2D eigenvalue weighted by Gasteiger charge is -2.21. The molecule has 2 heterocycles. The van der Waals surface area contributed by atoms with Crippen LogP contribution in [-0.4, -0.2) is 28.6 Å². The number of imidazole rings is 1. The second kappa shape index (κ2) is 9.51. The smallest absolute Gasteiger partial charge is 0.227 e. The van der Waals surface area contributed by atoms with Gasteiger partial charge in [-0.05, 0) is 67.8 Å². The third-order valence-corrected chi connectivity index (χ3v) is 6.74. The van der Waals surface area contributed by atoms with Crippen LogP contribution in [0.4, 0.5) is 5.69 Å². The first-order valence-corrected chi connectivity index (χ1v) is 12.1. The molecule has 4 aromatic rings. The Morgan fingerprint density at radius 2 is 1.74 bits per heavy atom. The van der Waals surface area contributed by atoms with Gasteiger partial charge >= 0.3 is 0 Å². The maximum Gasteiger partial charge on any atom is 0.227 e. The number of benzene rings is 3. The fourth-order valence-corrected chi connectivity index (χ4v) is 5.04. The van der Waals surface area contributed by atoms with E-state index in [0.29, 0.717) is 24.6 Å². The number of hydrogen-bond acceptors (Lipinski definition) is 3. The summed E-state index contributed by atoms with van der Waals surface area (Å²) in [5.74, 6) is 2.00. The van der Waals surface area contributed by atoms with Crippen molar-refractivity contribution in [1.82, 2.24) is 9.55 Å². The molecule has 0 spiro atoms. The number of anilines is 1. The Balaban J connectivity index is 1.36. The average molecular weight is 474 g/mol. The molecule has 0 aliphatic carbocycles. The number of ether oxygens (including phenoxy) is 1. The molecule has 1 unspecified atom stereocenters. The highest BCUT2D eigenvalue weighted by atomic mass is 35.5. The van der Waals surface area contributed by atoms with Gasteiger partial charge in [0.2, 0.25) is 5.91 Å². The predicted octanol–water partition coefficient (Wildman–Crippen LogP) is 6.30. The van der Waals surface area contributed by atoms with Crippen LogP contribution in [0.1, 0.15) is 35.7 Å². The molecule has 34 heavy (non-hydrogen) atoms. The van der Waals surface area contributed by atoms with Gasteiger partial charge in [-0.3, -0.25) is 4.79 Å². The summed E-state index contributed by atoms with van der Waals surface area (Å²) in [5, 5.41) is 0.697. The van der Waals surface area contributed by atoms with Crippen molar-refractivity contribution in [1.29, 1.82) is 0 Å². The molecule has 0 saturated carbocycles. The minimum atomic E-state index is 0.0519. The van der Waals surface area contributed by atoms with Gasteiger partial charge in [0.1, 0.15) is 11.6 Å². The van der Waals surface area contributed by atoms with E-state index >= 15 is 0 Å². The van der Waals surface area contributed by atoms with Gasteiger partial charge in [0, 0.05) is 36.1 Å². The summed E-state index contributed by atoms with van der Waals surface area (Å²) >= 11 is 5.96. The molecule has 1 fully saturated rings. The van der Waals surface area contributed by atoms with Crippen LogP contribution in [0.5, 0.6) is 5.75 Å². The van der Waals surface area contributed by atoms with Gasteiger partial charge in [-0.2, -0.15) is 0 Å². The quantitative estimate of drug-likeness (QED) is 0.296. The lowest BCUT2D eigenvalue weighted by Crippen LogP contribution is -2.26. The fourth-order valence-electron chi connectivity index (χ4n) is 4.91. The van der Waals surface area contributed by atoms with E-state index in [1.54, 1.807) is 0 Å². The monoisotopic (exact) mass is 473 g/mol. The summed E-state index contributed by atoms with van der Waals surface area (Å²) in [6.45, 7) is 6.15. The zero-order chi connectivity index (χ0) is 23.7. The molecule has 0 bridgehead atoms. The Bertz CT molecular complexity index is 1310. The molecule has 6 heteroatoms. The number of para-hydroxylation sites is 3. The molecule has 1 amide bonds. The Labute approximate surface area is 204 Å². The number of nitrogens with zero attached hydrogens (tertiary/aromatic N) is 3. The third kappa shape index (κ3) is 4.40. The van der Waals surface area contributed by atoms with Gasteiger partial charge in [0.25, 0.3) is 0 Å². The summed E-state index contributed by atoms with van der Waals surface area (Å²) in [7, 11) is 0. The Morgan fingerprint density at radius 1 is 1.00 bits per heavy atom. The lowest BCUT2D eigenvalue weighted by atomic mass is 10.1. The largest absolute Gasteiger partial charge is 0.494 e. The van der Waals surface area contributed by atoms with Crippen molar-refractivity contribution in [3.63, 3.8) is 0 Å². The minimum absolute atomic E-state index is 0.0519. The van der Waals surface area contributed by atoms with Crippen LogP contribution in [0.25, 0.3) is 11.0 Å². The summed E-state index contributed by atoms with van der Waals surface area (Å²) in [6, 6.07) is 21.8. The topological polar surface area (TPSA) is 47.4 Å². The van der Waals surface area contributed by atoms with Crippen LogP contribution in [0.3, 0.4) is 0 Å². The van der Waals surface area contributed by atoms with E-state index in [0.717, 1.165) is 52.4 Å². The van der Waals surface area contributed by atoms with Gasteiger partial charge in [-0.1, -0.05) is 41.9 Å². The van der Waals surface area contributed by atoms with Crippen molar-refractivity contribution in [2.75, 3.05) is 18.1 Å². The average Bonchev–Trinajstić information content (AvgIpc) is 3.38. The number of carbonyl (C=O) groups excluding carboxylic acids is 1. The summed E-state index contributed by atoms with van der Waals surface area (Å²) in [5.41, 5.74) is 5.36. The maximum absolute atomic E-state index is 13.1. The minimum Gasteiger partial charge on any atom is -0.494 e. The van der Waals surface area contributed by atoms with Crippen LogP contribution >= 0.6 is 11.6 Å². The van der Waals surface area contributed by atoms with E-state index < -0.39 is 0 Å². The van der Waals surface area contributed by atoms with Crippen LogP contribution in [0.15, 0.2) is 66.7 Å². The maximum atomic E-state index is 13.1. The molecular formula is C28H28ClN3O2. The summed E-state index contributed by atoms with van der Waals surface area (Å²) in [6.07, 6.45) is 1.30. The number of halogens is 1. The van der Waals surface area contributed by atoms with Crippen molar-refractivity contribution < 1.29 is 9.53 Å².